The first-order valence-corrected chi connectivity index (χ1v) is 8.25. The molecular weight excluding hydrogens is 334 g/mol. The number of furan rings is 1. The van der Waals surface area contributed by atoms with Crippen molar-refractivity contribution >= 4 is 34.0 Å². The molecule has 2 heterocycles. The van der Waals surface area contributed by atoms with E-state index < -0.39 is 16.7 Å². The highest BCUT2D eigenvalue weighted by Crippen LogP contribution is 2.38. The van der Waals surface area contributed by atoms with E-state index in [9.17, 15) is 19.7 Å². The van der Waals surface area contributed by atoms with Crippen molar-refractivity contribution in [2.75, 3.05) is 12.4 Å². The number of nitrogens with one attached hydrogen (secondary N) is 2. The van der Waals surface area contributed by atoms with E-state index in [-0.39, 0.29) is 11.7 Å². The molecule has 2 aromatic heterocycles. The summed E-state index contributed by atoms with van der Waals surface area (Å²) in [5.74, 6) is -1.55. The van der Waals surface area contributed by atoms with Crippen LogP contribution in [0, 0.1) is 10.1 Å². The number of nitrogens with zero attached hydrogens (tertiary/aromatic N) is 1. The van der Waals surface area contributed by atoms with E-state index >= 15 is 0 Å². The lowest BCUT2D eigenvalue weighted by Gasteiger charge is -2.12. The van der Waals surface area contributed by atoms with Gasteiger partial charge in [-0.2, -0.15) is 0 Å². The molecule has 0 atom stereocenters. The molecule has 0 radical (unpaired) electrons. The second-order valence-corrected chi connectivity index (χ2v) is 6.45. The predicted molar refractivity (Wildman–Crippen MR) is 87.7 cm³/mol. The van der Waals surface area contributed by atoms with E-state index in [4.69, 9.17) is 4.42 Å². The highest BCUT2D eigenvalue weighted by molar-refractivity contribution is 7.17. The van der Waals surface area contributed by atoms with Crippen LogP contribution in [0.4, 0.5) is 10.9 Å². The molecule has 0 bridgehead atoms. The highest BCUT2D eigenvalue weighted by atomic mass is 32.1. The minimum absolute atomic E-state index is 0.170. The van der Waals surface area contributed by atoms with E-state index in [0.29, 0.717) is 10.6 Å². The van der Waals surface area contributed by atoms with Crippen LogP contribution in [0.5, 0.6) is 0 Å². The van der Waals surface area contributed by atoms with E-state index in [1.165, 1.54) is 24.5 Å². The van der Waals surface area contributed by atoms with Crippen molar-refractivity contribution in [2.24, 2.45) is 0 Å². The van der Waals surface area contributed by atoms with Crippen LogP contribution in [-0.4, -0.2) is 23.8 Å². The highest BCUT2D eigenvalue weighted by Gasteiger charge is 2.27. The summed E-state index contributed by atoms with van der Waals surface area (Å²) in [5.41, 5.74) is 1.46. The second kappa shape index (κ2) is 6.44. The number of thiophene rings is 1. The van der Waals surface area contributed by atoms with Crippen molar-refractivity contribution in [2.45, 2.75) is 25.7 Å². The van der Waals surface area contributed by atoms with Crippen LogP contribution in [0.15, 0.2) is 16.5 Å². The minimum atomic E-state index is -0.712. The number of carbonyl (C=O) groups excluding carboxylic acids is 2. The molecule has 2 aromatic rings. The van der Waals surface area contributed by atoms with Crippen molar-refractivity contribution in [1.82, 2.24) is 5.32 Å². The zero-order chi connectivity index (χ0) is 17.3. The summed E-state index contributed by atoms with van der Waals surface area (Å²) >= 11 is 1.37. The molecule has 0 unspecified atom stereocenters. The Morgan fingerprint density at radius 3 is 2.67 bits per heavy atom. The molecule has 0 spiro atoms. The van der Waals surface area contributed by atoms with Crippen LogP contribution in [0.25, 0.3) is 0 Å². The smallest absolute Gasteiger partial charge is 0.395 e. The largest absolute Gasteiger partial charge is 0.433 e. The second-order valence-electron chi connectivity index (χ2n) is 5.34. The van der Waals surface area contributed by atoms with Crippen molar-refractivity contribution in [3.63, 3.8) is 0 Å². The van der Waals surface area contributed by atoms with Gasteiger partial charge in [0.1, 0.15) is 9.92 Å². The molecular formula is C15H15N3O5S. The average Bonchev–Trinajstić information content (AvgIpc) is 3.18. The number of amides is 2. The lowest BCUT2D eigenvalue weighted by atomic mass is 9.95. The van der Waals surface area contributed by atoms with Gasteiger partial charge in [0.05, 0.1) is 11.6 Å². The van der Waals surface area contributed by atoms with Gasteiger partial charge in [-0.25, -0.2) is 0 Å². The predicted octanol–water partition coefficient (Wildman–Crippen LogP) is 2.74. The van der Waals surface area contributed by atoms with Gasteiger partial charge in [0.25, 0.3) is 11.8 Å². The lowest BCUT2D eigenvalue weighted by Crippen LogP contribution is -2.22. The third-order valence-electron chi connectivity index (χ3n) is 3.85. The minimum Gasteiger partial charge on any atom is -0.395 e. The Morgan fingerprint density at radius 1 is 1.25 bits per heavy atom. The summed E-state index contributed by atoms with van der Waals surface area (Å²) in [5, 5.41) is 16.3. The van der Waals surface area contributed by atoms with Crippen LogP contribution in [0.3, 0.4) is 0 Å². The molecule has 8 nitrogen and oxygen atoms in total. The van der Waals surface area contributed by atoms with Gasteiger partial charge in [0.15, 0.2) is 5.76 Å². The Labute approximate surface area is 141 Å². The van der Waals surface area contributed by atoms with Crippen LogP contribution in [0.2, 0.25) is 0 Å². The number of hydrogen-bond donors (Lipinski definition) is 2. The molecule has 126 valence electrons. The number of rotatable bonds is 4. The fourth-order valence-electron chi connectivity index (χ4n) is 2.73. The molecule has 24 heavy (non-hydrogen) atoms. The van der Waals surface area contributed by atoms with Gasteiger partial charge in [0.2, 0.25) is 0 Å². The van der Waals surface area contributed by atoms with Crippen LogP contribution in [0.1, 0.15) is 44.2 Å². The summed E-state index contributed by atoms with van der Waals surface area (Å²) in [6, 6.07) is 2.36. The fourth-order valence-corrected chi connectivity index (χ4v) is 4.01. The fraction of sp³-hybridized carbons (Fsp3) is 0.333. The SMILES string of the molecule is CNC(=O)c1c(NC(=O)c2ccc([N+](=O)[O-])o2)sc2c1CCCC2. The molecule has 0 fully saturated rings. The van der Waals surface area contributed by atoms with E-state index in [1.54, 1.807) is 0 Å². The standard InChI is InChI=1S/C15H15N3O5S/c1-16-14(20)12-8-4-2-3-5-10(8)24-15(12)17-13(19)9-6-7-11(23-9)18(21)22/h6-7H,2-5H2,1H3,(H,16,20)(H,17,19). The summed E-state index contributed by atoms with van der Waals surface area (Å²) in [6.07, 6.45) is 3.74. The van der Waals surface area contributed by atoms with Gasteiger partial charge in [-0.05, 0) is 37.3 Å². The first-order valence-electron chi connectivity index (χ1n) is 7.43. The zero-order valence-corrected chi connectivity index (χ0v) is 13.7. The molecule has 9 heteroatoms. The summed E-state index contributed by atoms with van der Waals surface area (Å²) in [7, 11) is 1.54. The van der Waals surface area contributed by atoms with Gasteiger partial charge in [-0.3, -0.25) is 19.7 Å². The Morgan fingerprint density at radius 2 is 2.00 bits per heavy atom. The number of hydrogen-bond acceptors (Lipinski definition) is 6. The van der Waals surface area contributed by atoms with Gasteiger partial charge in [-0.15, -0.1) is 11.3 Å². The first-order chi connectivity index (χ1) is 11.5. The van der Waals surface area contributed by atoms with Crippen molar-refractivity contribution in [3.8, 4) is 0 Å². The first kappa shape index (κ1) is 16.2. The van der Waals surface area contributed by atoms with Crippen molar-refractivity contribution in [1.29, 1.82) is 0 Å². The number of carbonyl (C=O) groups is 2. The maximum absolute atomic E-state index is 12.3. The van der Waals surface area contributed by atoms with Gasteiger partial charge < -0.3 is 15.1 Å². The maximum Gasteiger partial charge on any atom is 0.433 e. The molecule has 1 aliphatic rings. The normalized spacial score (nSPS) is 13.2. The molecule has 2 amide bonds. The van der Waals surface area contributed by atoms with Gasteiger partial charge >= 0.3 is 5.88 Å². The Hall–Kier alpha value is -2.68. The summed E-state index contributed by atoms with van der Waals surface area (Å²) in [6.45, 7) is 0. The molecule has 3 rings (SSSR count). The van der Waals surface area contributed by atoms with Gasteiger partial charge in [-0.1, -0.05) is 0 Å². The average molecular weight is 349 g/mol. The van der Waals surface area contributed by atoms with E-state index in [2.05, 4.69) is 10.6 Å². The molecule has 1 aliphatic carbocycles. The molecule has 0 aliphatic heterocycles. The van der Waals surface area contributed by atoms with Crippen molar-refractivity contribution < 1.29 is 18.9 Å². The van der Waals surface area contributed by atoms with Gasteiger partial charge in [0, 0.05) is 11.9 Å². The Balaban J connectivity index is 1.91. The summed E-state index contributed by atoms with van der Waals surface area (Å²) < 4.78 is 4.90. The zero-order valence-electron chi connectivity index (χ0n) is 12.9. The van der Waals surface area contributed by atoms with E-state index in [0.717, 1.165) is 42.2 Å². The van der Waals surface area contributed by atoms with Crippen molar-refractivity contribution in [3.05, 3.63) is 44.0 Å². The number of anilines is 1. The number of nitro groups is 1. The van der Waals surface area contributed by atoms with E-state index in [1.807, 2.05) is 0 Å². The van der Waals surface area contributed by atoms with Crippen LogP contribution in [-0.2, 0) is 12.8 Å². The van der Waals surface area contributed by atoms with Crippen LogP contribution >= 0.6 is 11.3 Å². The third-order valence-corrected chi connectivity index (χ3v) is 5.06. The number of fused-ring (bicyclic) bond motifs is 1. The lowest BCUT2D eigenvalue weighted by molar-refractivity contribution is -0.402. The maximum atomic E-state index is 12.3. The molecule has 0 saturated heterocycles. The monoisotopic (exact) mass is 349 g/mol. The molecule has 2 N–H and O–H groups in total. The molecule has 0 aromatic carbocycles. The number of aryl methyl sites for hydroxylation is 1. The Kier molecular flexibility index (Phi) is 4.34. The quantitative estimate of drug-likeness (QED) is 0.650. The molecule has 0 saturated carbocycles. The van der Waals surface area contributed by atoms with Crippen LogP contribution < -0.4 is 10.6 Å². The third kappa shape index (κ3) is 2.90. The topological polar surface area (TPSA) is 114 Å². The Bertz CT molecular complexity index is 823. The summed E-state index contributed by atoms with van der Waals surface area (Å²) in [4.78, 5) is 35.5.